The molecule has 0 aromatic heterocycles. The maximum absolute atomic E-state index is 8.76. The first-order valence-electron chi connectivity index (χ1n) is 4.21. The SMILES string of the molecule is CC(C)(C)CCC(CO)CO. The molecule has 0 aromatic carbocycles. The first-order valence-corrected chi connectivity index (χ1v) is 4.21. The van der Waals surface area contributed by atoms with Crippen LogP contribution in [0.25, 0.3) is 0 Å². The Balaban J connectivity index is 3.51. The zero-order valence-corrected chi connectivity index (χ0v) is 7.80. The molecule has 0 rings (SSSR count). The van der Waals surface area contributed by atoms with Crippen molar-refractivity contribution in [1.82, 2.24) is 0 Å². The summed E-state index contributed by atoms with van der Waals surface area (Å²) >= 11 is 0. The molecule has 11 heavy (non-hydrogen) atoms. The molecular formula is C9H20O2. The average Bonchev–Trinajstić information content (AvgIpc) is 1.88. The van der Waals surface area contributed by atoms with Crippen molar-refractivity contribution in [3.8, 4) is 0 Å². The van der Waals surface area contributed by atoms with Crippen LogP contribution in [0, 0.1) is 11.3 Å². The van der Waals surface area contributed by atoms with E-state index in [1.807, 2.05) is 0 Å². The zero-order chi connectivity index (χ0) is 8.91. The van der Waals surface area contributed by atoms with Gasteiger partial charge in [-0.1, -0.05) is 20.8 Å². The molecule has 0 unspecified atom stereocenters. The Morgan fingerprint density at radius 3 is 1.82 bits per heavy atom. The lowest BCUT2D eigenvalue weighted by atomic mass is 9.87. The summed E-state index contributed by atoms with van der Waals surface area (Å²) in [5.74, 6) is 0.0780. The largest absolute Gasteiger partial charge is 0.396 e. The van der Waals surface area contributed by atoms with E-state index in [0.29, 0.717) is 5.41 Å². The van der Waals surface area contributed by atoms with Crippen molar-refractivity contribution >= 4 is 0 Å². The minimum atomic E-state index is 0.0780. The molecule has 68 valence electrons. The summed E-state index contributed by atoms with van der Waals surface area (Å²) in [4.78, 5) is 0. The van der Waals surface area contributed by atoms with Crippen LogP contribution < -0.4 is 0 Å². The van der Waals surface area contributed by atoms with Gasteiger partial charge in [-0.15, -0.1) is 0 Å². The standard InChI is InChI=1S/C9H20O2/c1-9(2,3)5-4-8(6-10)7-11/h8,10-11H,4-7H2,1-3H3. The summed E-state index contributed by atoms with van der Waals surface area (Å²) in [5, 5.41) is 17.5. The van der Waals surface area contributed by atoms with Crippen LogP contribution in [0.15, 0.2) is 0 Å². The molecular weight excluding hydrogens is 140 g/mol. The summed E-state index contributed by atoms with van der Waals surface area (Å²) in [7, 11) is 0. The lowest BCUT2D eigenvalue weighted by molar-refractivity contribution is 0.133. The molecule has 2 N–H and O–H groups in total. The van der Waals surface area contributed by atoms with Crippen molar-refractivity contribution in [3.63, 3.8) is 0 Å². The molecule has 0 heterocycles. The fourth-order valence-electron chi connectivity index (χ4n) is 0.877. The van der Waals surface area contributed by atoms with E-state index in [2.05, 4.69) is 20.8 Å². The monoisotopic (exact) mass is 160 g/mol. The van der Waals surface area contributed by atoms with Gasteiger partial charge in [0, 0.05) is 19.1 Å². The lowest BCUT2D eigenvalue weighted by Gasteiger charge is -2.20. The molecule has 0 amide bonds. The molecule has 0 saturated heterocycles. The van der Waals surface area contributed by atoms with Gasteiger partial charge in [0.1, 0.15) is 0 Å². The van der Waals surface area contributed by atoms with Crippen LogP contribution in [0.5, 0.6) is 0 Å². The molecule has 0 aliphatic rings. The number of hydrogen-bond donors (Lipinski definition) is 2. The van der Waals surface area contributed by atoms with E-state index in [0.717, 1.165) is 12.8 Å². The quantitative estimate of drug-likeness (QED) is 0.653. The van der Waals surface area contributed by atoms with Crippen LogP contribution in [-0.2, 0) is 0 Å². The highest BCUT2D eigenvalue weighted by Gasteiger charge is 2.13. The van der Waals surface area contributed by atoms with Gasteiger partial charge in [0.2, 0.25) is 0 Å². The van der Waals surface area contributed by atoms with Gasteiger partial charge in [-0.05, 0) is 18.3 Å². The third-order valence-corrected chi connectivity index (χ3v) is 1.82. The minimum absolute atomic E-state index is 0.0780. The van der Waals surface area contributed by atoms with Gasteiger partial charge in [0.05, 0.1) is 0 Å². The van der Waals surface area contributed by atoms with Gasteiger partial charge in [0.25, 0.3) is 0 Å². The second-order valence-electron chi connectivity index (χ2n) is 4.33. The van der Waals surface area contributed by atoms with Crippen molar-refractivity contribution in [3.05, 3.63) is 0 Å². The van der Waals surface area contributed by atoms with Crippen molar-refractivity contribution in [2.45, 2.75) is 33.6 Å². The summed E-state index contributed by atoms with van der Waals surface area (Å²) < 4.78 is 0. The smallest absolute Gasteiger partial charge is 0.0481 e. The van der Waals surface area contributed by atoms with Crippen LogP contribution in [0.3, 0.4) is 0 Å². The Bertz CT molecular complexity index is 90.2. The van der Waals surface area contributed by atoms with Gasteiger partial charge in [0.15, 0.2) is 0 Å². The molecule has 0 aliphatic carbocycles. The first-order chi connectivity index (χ1) is 4.99. The zero-order valence-electron chi connectivity index (χ0n) is 7.80. The number of rotatable bonds is 4. The van der Waals surface area contributed by atoms with E-state index in [9.17, 15) is 0 Å². The maximum Gasteiger partial charge on any atom is 0.0481 e. The van der Waals surface area contributed by atoms with Gasteiger partial charge < -0.3 is 10.2 Å². The summed E-state index contributed by atoms with van der Waals surface area (Å²) in [6, 6.07) is 0. The Kier molecular flexibility index (Phi) is 4.69. The highest BCUT2D eigenvalue weighted by Crippen LogP contribution is 2.23. The lowest BCUT2D eigenvalue weighted by Crippen LogP contribution is -2.15. The highest BCUT2D eigenvalue weighted by atomic mass is 16.3. The van der Waals surface area contributed by atoms with Gasteiger partial charge in [-0.25, -0.2) is 0 Å². The van der Waals surface area contributed by atoms with E-state index in [1.54, 1.807) is 0 Å². The Morgan fingerprint density at radius 2 is 1.55 bits per heavy atom. The van der Waals surface area contributed by atoms with Gasteiger partial charge >= 0.3 is 0 Å². The molecule has 0 atom stereocenters. The Hall–Kier alpha value is -0.0800. The minimum Gasteiger partial charge on any atom is -0.396 e. The normalized spacial score (nSPS) is 12.5. The summed E-state index contributed by atoms with van der Waals surface area (Å²) in [5.41, 5.74) is 0.308. The molecule has 2 heteroatoms. The van der Waals surface area contributed by atoms with Crippen molar-refractivity contribution in [2.75, 3.05) is 13.2 Å². The van der Waals surface area contributed by atoms with E-state index in [1.165, 1.54) is 0 Å². The number of aliphatic hydroxyl groups is 2. The van der Waals surface area contributed by atoms with Crippen molar-refractivity contribution in [2.24, 2.45) is 11.3 Å². The van der Waals surface area contributed by atoms with Crippen molar-refractivity contribution < 1.29 is 10.2 Å². The van der Waals surface area contributed by atoms with E-state index in [-0.39, 0.29) is 19.1 Å². The maximum atomic E-state index is 8.76. The fourth-order valence-corrected chi connectivity index (χ4v) is 0.877. The Morgan fingerprint density at radius 1 is 1.09 bits per heavy atom. The summed E-state index contributed by atoms with van der Waals surface area (Å²) in [6.07, 6.45) is 1.97. The molecule has 2 nitrogen and oxygen atoms in total. The first kappa shape index (κ1) is 10.9. The van der Waals surface area contributed by atoms with Gasteiger partial charge in [-0.2, -0.15) is 0 Å². The number of hydrogen-bond acceptors (Lipinski definition) is 2. The second-order valence-corrected chi connectivity index (χ2v) is 4.33. The van der Waals surface area contributed by atoms with Crippen LogP contribution >= 0.6 is 0 Å². The highest BCUT2D eigenvalue weighted by molar-refractivity contribution is 4.65. The summed E-state index contributed by atoms with van der Waals surface area (Å²) in [6.45, 7) is 6.70. The van der Waals surface area contributed by atoms with E-state index >= 15 is 0 Å². The predicted octanol–water partition coefficient (Wildman–Crippen LogP) is 1.41. The molecule has 0 aromatic rings. The fraction of sp³-hybridized carbons (Fsp3) is 1.00. The Labute approximate surface area is 69.2 Å². The van der Waals surface area contributed by atoms with E-state index in [4.69, 9.17) is 10.2 Å². The second kappa shape index (κ2) is 4.73. The van der Waals surface area contributed by atoms with Crippen LogP contribution in [-0.4, -0.2) is 23.4 Å². The predicted molar refractivity (Wildman–Crippen MR) is 46.4 cm³/mol. The molecule has 0 bridgehead atoms. The van der Waals surface area contributed by atoms with Crippen LogP contribution in [0.2, 0.25) is 0 Å². The van der Waals surface area contributed by atoms with E-state index < -0.39 is 0 Å². The van der Waals surface area contributed by atoms with Crippen LogP contribution in [0.4, 0.5) is 0 Å². The molecule has 0 spiro atoms. The molecule has 0 radical (unpaired) electrons. The number of aliphatic hydroxyl groups excluding tert-OH is 2. The molecule has 0 fully saturated rings. The third-order valence-electron chi connectivity index (χ3n) is 1.82. The topological polar surface area (TPSA) is 40.5 Å². The van der Waals surface area contributed by atoms with Crippen molar-refractivity contribution in [1.29, 1.82) is 0 Å². The average molecular weight is 160 g/mol. The van der Waals surface area contributed by atoms with Crippen LogP contribution in [0.1, 0.15) is 33.6 Å². The molecule has 0 aliphatic heterocycles. The molecule has 0 saturated carbocycles. The third kappa shape index (κ3) is 6.32. The van der Waals surface area contributed by atoms with Gasteiger partial charge in [-0.3, -0.25) is 0 Å².